The van der Waals surface area contributed by atoms with Crippen LogP contribution < -0.4 is 4.72 Å². The lowest BCUT2D eigenvalue weighted by Gasteiger charge is -2.36. The van der Waals surface area contributed by atoms with Gasteiger partial charge in [-0.3, -0.25) is 0 Å². The molecule has 0 aliphatic carbocycles. The zero-order valence-electron chi connectivity index (χ0n) is 9.78. The van der Waals surface area contributed by atoms with Crippen LogP contribution >= 0.6 is 11.6 Å². The van der Waals surface area contributed by atoms with E-state index in [-0.39, 0.29) is 15.5 Å². The monoisotopic (exact) mass is 275 g/mol. The zero-order chi connectivity index (χ0) is 13.1. The molecule has 0 saturated carbocycles. The molecule has 1 aromatic carbocycles. The number of rotatable bonds is 0. The van der Waals surface area contributed by atoms with Gasteiger partial charge in [-0.1, -0.05) is 38.4 Å². The highest BCUT2D eigenvalue weighted by Crippen LogP contribution is 2.47. The zero-order valence-corrected chi connectivity index (χ0v) is 11.4. The van der Waals surface area contributed by atoms with Crippen LogP contribution in [-0.2, 0) is 15.7 Å². The van der Waals surface area contributed by atoms with Gasteiger partial charge in [0, 0.05) is 16.0 Å². The van der Waals surface area contributed by atoms with E-state index in [4.69, 9.17) is 11.6 Å². The first-order valence-electron chi connectivity index (χ1n) is 5.15. The standard InChI is InChI=1S/C11H14ClNO3S/c1-10(2,3)11(14)9-7(12)5-4-6-8(9)17(15,16)13-11/h4-6,13-14H,1-3H3/t11-/m1/s1. The second-order valence-corrected chi connectivity index (χ2v) is 7.24. The number of sulfonamides is 1. The smallest absolute Gasteiger partial charge is 0.243 e. The third-order valence-corrected chi connectivity index (χ3v) is 4.79. The van der Waals surface area contributed by atoms with Crippen LogP contribution in [-0.4, -0.2) is 13.5 Å². The van der Waals surface area contributed by atoms with Gasteiger partial charge >= 0.3 is 0 Å². The first-order valence-corrected chi connectivity index (χ1v) is 7.01. The highest BCUT2D eigenvalue weighted by atomic mass is 35.5. The van der Waals surface area contributed by atoms with Crippen LogP contribution in [0.2, 0.25) is 5.02 Å². The molecule has 0 saturated heterocycles. The molecule has 1 aromatic rings. The van der Waals surface area contributed by atoms with E-state index >= 15 is 0 Å². The summed E-state index contributed by atoms with van der Waals surface area (Å²) in [4.78, 5) is 0.0439. The van der Waals surface area contributed by atoms with E-state index in [0.717, 1.165) is 0 Å². The number of halogens is 1. The van der Waals surface area contributed by atoms with Crippen molar-refractivity contribution in [2.24, 2.45) is 5.41 Å². The van der Waals surface area contributed by atoms with Crippen molar-refractivity contribution in [1.82, 2.24) is 4.72 Å². The minimum Gasteiger partial charge on any atom is -0.370 e. The largest absolute Gasteiger partial charge is 0.370 e. The maximum absolute atomic E-state index is 11.9. The van der Waals surface area contributed by atoms with Crippen LogP contribution in [0.1, 0.15) is 26.3 Å². The van der Waals surface area contributed by atoms with Gasteiger partial charge in [0.05, 0.1) is 4.90 Å². The van der Waals surface area contributed by atoms with E-state index in [0.29, 0.717) is 0 Å². The van der Waals surface area contributed by atoms with E-state index in [1.165, 1.54) is 6.07 Å². The molecule has 2 rings (SSSR count). The molecule has 0 amide bonds. The number of nitrogens with one attached hydrogen (secondary N) is 1. The molecule has 1 aliphatic rings. The summed E-state index contributed by atoms with van der Waals surface area (Å²) in [6.45, 7) is 5.23. The summed E-state index contributed by atoms with van der Waals surface area (Å²) in [5.74, 6) is 0. The SMILES string of the molecule is CC(C)(C)[C@@]1(O)NS(=O)(=O)c2cccc(Cl)c21. The van der Waals surface area contributed by atoms with Crippen LogP contribution in [0.3, 0.4) is 0 Å². The maximum Gasteiger partial charge on any atom is 0.243 e. The van der Waals surface area contributed by atoms with Crippen LogP contribution in [0.15, 0.2) is 23.1 Å². The Kier molecular flexibility index (Phi) is 2.60. The Morgan fingerprint density at radius 3 is 2.47 bits per heavy atom. The lowest BCUT2D eigenvalue weighted by molar-refractivity contribution is -0.0718. The Morgan fingerprint density at radius 1 is 1.35 bits per heavy atom. The average Bonchev–Trinajstić information content (AvgIpc) is 2.35. The highest BCUT2D eigenvalue weighted by Gasteiger charge is 2.53. The summed E-state index contributed by atoms with van der Waals surface area (Å²) in [7, 11) is -3.70. The third kappa shape index (κ3) is 1.69. The van der Waals surface area contributed by atoms with Gasteiger partial charge in [0.15, 0.2) is 5.72 Å². The topological polar surface area (TPSA) is 66.4 Å². The van der Waals surface area contributed by atoms with Crippen molar-refractivity contribution < 1.29 is 13.5 Å². The number of benzene rings is 1. The second kappa shape index (κ2) is 3.45. The van der Waals surface area contributed by atoms with Gasteiger partial charge in [0.1, 0.15) is 0 Å². The quantitative estimate of drug-likeness (QED) is 0.759. The van der Waals surface area contributed by atoms with Crippen molar-refractivity contribution in [1.29, 1.82) is 0 Å². The summed E-state index contributed by atoms with van der Waals surface area (Å²) in [5.41, 5.74) is -2.16. The lowest BCUT2D eigenvalue weighted by Crippen LogP contribution is -2.49. The maximum atomic E-state index is 11.9. The Hall–Kier alpha value is -0.620. The van der Waals surface area contributed by atoms with Crippen molar-refractivity contribution in [3.05, 3.63) is 28.8 Å². The van der Waals surface area contributed by atoms with Crippen LogP contribution in [0.5, 0.6) is 0 Å². The molecule has 0 unspecified atom stereocenters. The van der Waals surface area contributed by atoms with Gasteiger partial charge in [-0.05, 0) is 12.1 Å². The van der Waals surface area contributed by atoms with Gasteiger partial charge in [0.25, 0.3) is 0 Å². The molecule has 1 aliphatic heterocycles. The molecule has 0 bridgehead atoms. The van der Waals surface area contributed by atoms with Crippen LogP contribution in [0.4, 0.5) is 0 Å². The van der Waals surface area contributed by atoms with Gasteiger partial charge in [-0.15, -0.1) is 0 Å². The van der Waals surface area contributed by atoms with Crippen LogP contribution in [0.25, 0.3) is 0 Å². The van der Waals surface area contributed by atoms with E-state index < -0.39 is 21.2 Å². The third-order valence-electron chi connectivity index (χ3n) is 2.99. The van der Waals surface area contributed by atoms with E-state index in [1.54, 1.807) is 32.9 Å². The molecule has 0 fully saturated rings. The molecule has 17 heavy (non-hydrogen) atoms. The first-order chi connectivity index (χ1) is 7.59. The average molecular weight is 276 g/mol. The molecule has 0 radical (unpaired) electrons. The fourth-order valence-corrected chi connectivity index (χ4v) is 3.97. The van der Waals surface area contributed by atoms with E-state index in [1.807, 2.05) is 0 Å². The fraction of sp³-hybridized carbons (Fsp3) is 0.455. The number of aliphatic hydroxyl groups is 1. The highest BCUT2D eigenvalue weighted by molar-refractivity contribution is 7.89. The summed E-state index contributed by atoms with van der Waals surface area (Å²) in [6.07, 6.45) is 0. The molecular formula is C11H14ClNO3S. The summed E-state index contributed by atoms with van der Waals surface area (Å²) >= 11 is 6.02. The van der Waals surface area contributed by atoms with Gasteiger partial charge in [0.2, 0.25) is 10.0 Å². The molecule has 1 heterocycles. The fourth-order valence-electron chi connectivity index (χ4n) is 1.91. The van der Waals surface area contributed by atoms with E-state index in [9.17, 15) is 13.5 Å². The minimum atomic E-state index is -3.70. The Balaban J connectivity index is 2.84. The van der Waals surface area contributed by atoms with Crippen molar-refractivity contribution in [3.8, 4) is 0 Å². The van der Waals surface area contributed by atoms with E-state index in [2.05, 4.69) is 4.72 Å². The van der Waals surface area contributed by atoms with Gasteiger partial charge < -0.3 is 5.11 Å². The van der Waals surface area contributed by atoms with Crippen molar-refractivity contribution in [2.45, 2.75) is 31.4 Å². The van der Waals surface area contributed by atoms with Gasteiger partial charge in [-0.25, -0.2) is 8.42 Å². The molecule has 6 heteroatoms. The molecule has 1 atom stereocenters. The second-order valence-electron chi connectivity index (χ2n) is 5.18. The van der Waals surface area contributed by atoms with Crippen molar-refractivity contribution in [3.63, 3.8) is 0 Å². The predicted molar refractivity (Wildman–Crippen MR) is 65.1 cm³/mol. The van der Waals surface area contributed by atoms with Crippen LogP contribution in [0, 0.1) is 5.41 Å². The minimum absolute atomic E-state index is 0.0439. The number of hydrogen-bond donors (Lipinski definition) is 2. The van der Waals surface area contributed by atoms with Crippen molar-refractivity contribution in [2.75, 3.05) is 0 Å². The molecule has 0 aromatic heterocycles. The predicted octanol–water partition coefficient (Wildman–Crippen LogP) is 1.82. The number of hydrogen-bond acceptors (Lipinski definition) is 3. The normalized spacial score (nSPS) is 26.9. The summed E-state index contributed by atoms with van der Waals surface area (Å²) in [5, 5.41) is 10.9. The van der Waals surface area contributed by atoms with Gasteiger partial charge in [-0.2, -0.15) is 4.72 Å². The Bertz CT molecular complexity index is 577. The molecule has 94 valence electrons. The Labute approximate surface area is 106 Å². The Morgan fingerprint density at radius 2 is 1.94 bits per heavy atom. The molecular weight excluding hydrogens is 262 g/mol. The summed E-state index contributed by atoms with van der Waals surface area (Å²) < 4.78 is 26.2. The van der Waals surface area contributed by atoms with Crippen molar-refractivity contribution >= 4 is 21.6 Å². The molecule has 4 nitrogen and oxygen atoms in total. The molecule has 0 spiro atoms. The molecule has 2 N–H and O–H groups in total. The number of fused-ring (bicyclic) bond motifs is 1. The first kappa shape index (κ1) is 12.8. The lowest BCUT2D eigenvalue weighted by atomic mass is 9.79. The summed E-state index contributed by atoms with van der Waals surface area (Å²) in [6, 6.07) is 4.56.